The fourth-order valence-corrected chi connectivity index (χ4v) is 2.82. The molecule has 102 valence electrons. The molecule has 1 aromatic heterocycles. The van der Waals surface area contributed by atoms with Crippen molar-refractivity contribution in [3.8, 4) is 11.8 Å². The van der Waals surface area contributed by atoms with E-state index in [1.165, 1.54) is 0 Å². The van der Waals surface area contributed by atoms with E-state index in [9.17, 15) is 4.79 Å². The summed E-state index contributed by atoms with van der Waals surface area (Å²) in [5.41, 5.74) is 6.31. The van der Waals surface area contributed by atoms with Crippen molar-refractivity contribution in [1.29, 1.82) is 0 Å². The molecular formula is C14H18N2O2S. The van der Waals surface area contributed by atoms with Crippen LogP contribution in [0, 0.1) is 17.8 Å². The third kappa shape index (κ3) is 3.80. The summed E-state index contributed by atoms with van der Waals surface area (Å²) >= 11 is 1.60. The lowest BCUT2D eigenvalue weighted by atomic mass is 10.1. The number of carbonyl (C=O) groups excluding carboxylic acids is 1. The molecule has 0 radical (unpaired) electrons. The zero-order chi connectivity index (χ0) is 13.7. The Kier molecular flexibility index (Phi) is 4.97. The summed E-state index contributed by atoms with van der Waals surface area (Å²) in [5, 5.41) is 4.93. The van der Waals surface area contributed by atoms with Crippen LogP contribution in [0.5, 0.6) is 0 Å². The lowest BCUT2D eigenvalue weighted by Crippen LogP contribution is -2.30. The zero-order valence-electron chi connectivity index (χ0n) is 10.9. The fourth-order valence-electron chi connectivity index (χ4n) is 2.05. The zero-order valence-corrected chi connectivity index (χ0v) is 11.8. The van der Waals surface area contributed by atoms with Gasteiger partial charge in [-0.3, -0.25) is 4.79 Å². The second-order valence-electron chi connectivity index (χ2n) is 4.56. The number of ether oxygens (including phenoxy) is 1. The Morgan fingerprint density at radius 1 is 1.68 bits per heavy atom. The van der Waals surface area contributed by atoms with Crippen LogP contribution >= 0.6 is 11.3 Å². The van der Waals surface area contributed by atoms with E-state index in [2.05, 4.69) is 17.2 Å². The quantitative estimate of drug-likeness (QED) is 0.814. The summed E-state index contributed by atoms with van der Waals surface area (Å²) in [7, 11) is 0. The molecule has 19 heavy (non-hydrogen) atoms. The predicted octanol–water partition coefficient (Wildman–Crippen LogP) is 1.10. The maximum atomic E-state index is 12.0. The molecule has 0 aromatic carbocycles. The van der Waals surface area contributed by atoms with Crippen molar-refractivity contribution < 1.29 is 9.53 Å². The average molecular weight is 278 g/mol. The van der Waals surface area contributed by atoms with Gasteiger partial charge in [0.05, 0.1) is 31.7 Å². The van der Waals surface area contributed by atoms with Crippen molar-refractivity contribution >= 4 is 17.2 Å². The van der Waals surface area contributed by atoms with Gasteiger partial charge in [-0.05, 0) is 24.8 Å². The van der Waals surface area contributed by atoms with Crippen LogP contribution in [0.4, 0.5) is 0 Å². The van der Waals surface area contributed by atoms with Crippen molar-refractivity contribution in [2.24, 2.45) is 11.7 Å². The molecule has 2 atom stereocenters. The Morgan fingerprint density at radius 2 is 2.53 bits per heavy atom. The van der Waals surface area contributed by atoms with E-state index in [0.29, 0.717) is 19.7 Å². The number of amides is 1. The van der Waals surface area contributed by atoms with E-state index in [1.807, 2.05) is 18.4 Å². The first kappa shape index (κ1) is 14.1. The van der Waals surface area contributed by atoms with Crippen LogP contribution in [0.2, 0.25) is 0 Å². The van der Waals surface area contributed by atoms with Crippen molar-refractivity contribution in [2.75, 3.05) is 13.2 Å². The van der Waals surface area contributed by atoms with Crippen LogP contribution in [-0.4, -0.2) is 25.2 Å². The smallest absolute Gasteiger partial charge is 0.225 e. The Morgan fingerprint density at radius 3 is 3.21 bits per heavy atom. The average Bonchev–Trinajstić information content (AvgIpc) is 3.02. The number of rotatable bonds is 3. The van der Waals surface area contributed by atoms with Crippen LogP contribution in [0.1, 0.15) is 23.8 Å². The third-order valence-corrected chi connectivity index (χ3v) is 3.98. The molecular weight excluding hydrogens is 260 g/mol. The highest BCUT2D eigenvalue weighted by Crippen LogP contribution is 2.20. The van der Waals surface area contributed by atoms with Gasteiger partial charge in [-0.15, -0.1) is 11.3 Å². The monoisotopic (exact) mass is 278 g/mol. The lowest BCUT2D eigenvalue weighted by molar-refractivity contribution is -0.125. The summed E-state index contributed by atoms with van der Waals surface area (Å²) in [5.74, 6) is 5.89. The summed E-state index contributed by atoms with van der Waals surface area (Å²) in [6.45, 7) is 3.39. The van der Waals surface area contributed by atoms with Crippen LogP contribution in [0.3, 0.4) is 0 Å². The molecule has 4 nitrogen and oxygen atoms in total. The van der Waals surface area contributed by atoms with E-state index in [-0.39, 0.29) is 17.9 Å². The molecule has 3 N–H and O–H groups in total. The molecule has 0 aliphatic carbocycles. The number of hydrogen-bond acceptors (Lipinski definition) is 4. The highest BCUT2D eigenvalue weighted by Gasteiger charge is 2.28. The number of nitrogens with two attached hydrogens (primary N) is 1. The van der Waals surface area contributed by atoms with Gasteiger partial charge in [-0.1, -0.05) is 11.8 Å². The minimum Gasteiger partial charge on any atom is -0.378 e. The molecule has 2 rings (SSSR count). The van der Waals surface area contributed by atoms with Crippen molar-refractivity contribution in [3.05, 3.63) is 21.9 Å². The normalized spacial score (nSPS) is 21.8. The van der Waals surface area contributed by atoms with Crippen LogP contribution in [0.25, 0.3) is 0 Å². The topological polar surface area (TPSA) is 64.4 Å². The molecule has 5 heteroatoms. The van der Waals surface area contributed by atoms with Crippen LogP contribution in [0.15, 0.2) is 11.4 Å². The van der Waals surface area contributed by atoms with Gasteiger partial charge >= 0.3 is 0 Å². The third-order valence-electron chi connectivity index (χ3n) is 3.06. The molecule has 1 fully saturated rings. The molecule has 1 aliphatic heterocycles. The highest BCUT2D eigenvalue weighted by molar-refractivity contribution is 7.10. The first-order valence-corrected chi connectivity index (χ1v) is 7.23. The van der Waals surface area contributed by atoms with Gasteiger partial charge in [-0.25, -0.2) is 0 Å². The van der Waals surface area contributed by atoms with E-state index in [4.69, 9.17) is 10.5 Å². The van der Waals surface area contributed by atoms with Crippen LogP contribution < -0.4 is 11.1 Å². The molecule has 0 saturated carbocycles. The molecule has 0 bridgehead atoms. The minimum atomic E-state index is -0.0199. The maximum Gasteiger partial charge on any atom is 0.225 e. The summed E-state index contributed by atoms with van der Waals surface area (Å²) < 4.78 is 5.41. The largest absolute Gasteiger partial charge is 0.378 e. The SMILES string of the molecule is CC1CC(C(=O)NCc2sccc2C#CCN)CO1. The molecule has 2 unspecified atom stereocenters. The van der Waals surface area contributed by atoms with Crippen molar-refractivity contribution in [1.82, 2.24) is 5.32 Å². The number of nitrogens with one attached hydrogen (secondary N) is 1. The van der Waals surface area contributed by atoms with E-state index < -0.39 is 0 Å². The molecule has 1 amide bonds. The van der Waals surface area contributed by atoms with Gasteiger partial charge in [-0.2, -0.15) is 0 Å². The fraction of sp³-hybridized carbons (Fsp3) is 0.500. The van der Waals surface area contributed by atoms with E-state index in [0.717, 1.165) is 16.9 Å². The first-order chi connectivity index (χ1) is 9.20. The van der Waals surface area contributed by atoms with Gasteiger partial charge in [0.15, 0.2) is 0 Å². The van der Waals surface area contributed by atoms with E-state index in [1.54, 1.807) is 11.3 Å². The predicted molar refractivity (Wildman–Crippen MR) is 75.6 cm³/mol. The van der Waals surface area contributed by atoms with Gasteiger partial charge in [0.2, 0.25) is 5.91 Å². The summed E-state index contributed by atoms with van der Waals surface area (Å²) in [6.07, 6.45) is 0.985. The second kappa shape index (κ2) is 6.71. The van der Waals surface area contributed by atoms with Gasteiger partial charge in [0.25, 0.3) is 0 Å². The summed E-state index contributed by atoms with van der Waals surface area (Å²) in [4.78, 5) is 13.0. The number of thiophene rings is 1. The Balaban J connectivity index is 1.88. The maximum absolute atomic E-state index is 12.0. The molecule has 1 aromatic rings. The minimum absolute atomic E-state index is 0.0199. The summed E-state index contributed by atoms with van der Waals surface area (Å²) in [6, 6.07) is 1.95. The van der Waals surface area contributed by atoms with Crippen molar-refractivity contribution in [3.63, 3.8) is 0 Å². The lowest BCUT2D eigenvalue weighted by Gasteiger charge is -2.08. The highest BCUT2D eigenvalue weighted by atomic mass is 32.1. The van der Waals surface area contributed by atoms with Gasteiger partial charge in [0.1, 0.15) is 0 Å². The van der Waals surface area contributed by atoms with Crippen LogP contribution in [-0.2, 0) is 16.1 Å². The van der Waals surface area contributed by atoms with Gasteiger partial charge < -0.3 is 15.8 Å². The van der Waals surface area contributed by atoms with E-state index >= 15 is 0 Å². The molecule has 1 saturated heterocycles. The Hall–Kier alpha value is -1.35. The van der Waals surface area contributed by atoms with Gasteiger partial charge in [0, 0.05) is 10.4 Å². The number of carbonyl (C=O) groups is 1. The second-order valence-corrected chi connectivity index (χ2v) is 5.56. The molecule has 2 heterocycles. The first-order valence-electron chi connectivity index (χ1n) is 6.35. The molecule has 0 spiro atoms. The standard InChI is InChI=1S/C14H18N2O2S/c1-10-7-12(9-18-10)14(17)16-8-13-11(3-2-5-15)4-6-19-13/h4,6,10,12H,5,7-9,15H2,1H3,(H,16,17). The molecule has 1 aliphatic rings. The Bertz CT molecular complexity index is 501. The Labute approximate surface area is 117 Å². The van der Waals surface area contributed by atoms with Crippen molar-refractivity contribution in [2.45, 2.75) is 26.0 Å². The number of hydrogen-bond donors (Lipinski definition) is 2.